The lowest BCUT2D eigenvalue weighted by molar-refractivity contribution is 0.545. The molecule has 0 atom stereocenters. The Kier molecular flexibility index (Phi) is 4.49. The van der Waals surface area contributed by atoms with Crippen molar-refractivity contribution in [2.75, 3.05) is 6.54 Å². The van der Waals surface area contributed by atoms with E-state index in [2.05, 4.69) is 48.3 Å². The number of nitrogens with one attached hydrogen (secondary N) is 1. The Balaban J connectivity index is 2.10. The largest absolute Gasteiger partial charge is 0.311 e. The van der Waals surface area contributed by atoms with Crippen LogP contribution in [0.5, 0.6) is 0 Å². The van der Waals surface area contributed by atoms with Crippen LogP contribution in [0.3, 0.4) is 0 Å². The molecule has 5 nitrogen and oxygen atoms in total. The van der Waals surface area contributed by atoms with Crippen molar-refractivity contribution < 1.29 is 0 Å². The first-order valence-electron chi connectivity index (χ1n) is 7.05. The predicted octanol–water partition coefficient (Wildman–Crippen LogP) is 2.33. The summed E-state index contributed by atoms with van der Waals surface area (Å²) >= 11 is 0. The van der Waals surface area contributed by atoms with Crippen LogP contribution in [-0.2, 0) is 6.54 Å². The van der Waals surface area contributed by atoms with E-state index < -0.39 is 0 Å². The van der Waals surface area contributed by atoms with Crippen molar-refractivity contribution in [1.82, 2.24) is 25.3 Å². The molecule has 0 unspecified atom stereocenters. The first-order valence-corrected chi connectivity index (χ1v) is 7.05. The van der Waals surface area contributed by atoms with Crippen LogP contribution in [0.1, 0.15) is 36.5 Å². The van der Waals surface area contributed by atoms with E-state index in [4.69, 9.17) is 0 Å². The smallest absolute Gasteiger partial charge is 0.175 e. The molecule has 0 aliphatic heterocycles. The van der Waals surface area contributed by atoms with E-state index in [9.17, 15) is 0 Å². The van der Waals surface area contributed by atoms with Crippen molar-refractivity contribution in [1.29, 1.82) is 0 Å². The molecule has 0 bridgehead atoms. The summed E-state index contributed by atoms with van der Waals surface area (Å²) in [6.45, 7) is 12.2. The van der Waals surface area contributed by atoms with Crippen molar-refractivity contribution in [3.8, 4) is 5.82 Å². The lowest BCUT2D eigenvalue weighted by atomic mass is 10.2. The van der Waals surface area contributed by atoms with Gasteiger partial charge in [0.05, 0.1) is 11.4 Å². The Morgan fingerprint density at radius 1 is 1.15 bits per heavy atom. The monoisotopic (exact) mass is 273 g/mol. The van der Waals surface area contributed by atoms with Gasteiger partial charge in [-0.25, -0.2) is 4.68 Å². The van der Waals surface area contributed by atoms with Crippen LogP contribution in [0, 0.1) is 26.7 Å². The highest BCUT2D eigenvalue weighted by Crippen LogP contribution is 2.14. The van der Waals surface area contributed by atoms with Gasteiger partial charge in [0.15, 0.2) is 5.82 Å². The van der Waals surface area contributed by atoms with E-state index in [1.807, 2.05) is 23.7 Å². The highest BCUT2D eigenvalue weighted by Gasteiger charge is 2.10. The van der Waals surface area contributed by atoms with Crippen LogP contribution in [0.15, 0.2) is 12.1 Å². The summed E-state index contributed by atoms with van der Waals surface area (Å²) in [6, 6.07) is 3.97. The standard InChI is InChI=1S/C15H23N5/c1-10(2)8-16-9-14-6-7-15(18-17-14)20-13(5)11(3)12(4)19-20/h6-7,10,16H,8-9H2,1-5H3. The summed E-state index contributed by atoms with van der Waals surface area (Å²) in [4.78, 5) is 0. The zero-order valence-corrected chi connectivity index (χ0v) is 12.9. The summed E-state index contributed by atoms with van der Waals surface area (Å²) in [6.07, 6.45) is 0. The summed E-state index contributed by atoms with van der Waals surface area (Å²) in [5.41, 5.74) is 4.30. The van der Waals surface area contributed by atoms with Crippen molar-refractivity contribution >= 4 is 0 Å². The van der Waals surface area contributed by atoms with Gasteiger partial charge in [-0.05, 0) is 50.9 Å². The van der Waals surface area contributed by atoms with Gasteiger partial charge in [0, 0.05) is 12.2 Å². The van der Waals surface area contributed by atoms with Crippen LogP contribution in [0.2, 0.25) is 0 Å². The minimum atomic E-state index is 0.639. The van der Waals surface area contributed by atoms with Crippen LogP contribution >= 0.6 is 0 Å². The van der Waals surface area contributed by atoms with Gasteiger partial charge >= 0.3 is 0 Å². The average Bonchev–Trinajstić information content (AvgIpc) is 2.67. The summed E-state index contributed by atoms with van der Waals surface area (Å²) < 4.78 is 1.85. The third-order valence-corrected chi connectivity index (χ3v) is 3.43. The first-order chi connectivity index (χ1) is 9.49. The zero-order valence-electron chi connectivity index (χ0n) is 12.9. The maximum Gasteiger partial charge on any atom is 0.175 e. The molecule has 0 amide bonds. The molecule has 1 N–H and O–H groups in total. The van der Waals surface area contributed by atoms with Crippen LogP contribution < -0.4 is 5.32 Å². The summed E-state index contributed by atoms with van der Waals surface area (Å²) in [5.74, 6) is 1.41. The van der Waals surface area contributed by atoms with E-state index in [1.54, 1.807) is 0 Å². The second kappa shape index (κ2) is 6.13. The Bertz CT molecular complexity index is 569. The number of hydrogen-bond acceptors (Lipinski definition) is 4. The molecule has 108 valence electrons. The molecule has 2 heterocycles. The quantitative estimate of drug-likeness (QED) is 0.908. The fraction of sp³-hybridized carbons (Fsp3) is 0.533. The Morgan fingerprint density at radius 3 is 2.40 bits per heavy atom. The minimum absolute atomic E-state index is 0.639. The molecule has 0 spiro atoms. The van der Waals surface area contributed by atoms with Crippen molar-refractivity contribution in [3.05, 3.63) is 34.8 Å². The number of nitrogens with zero attached hydrogens (tertiary/aromatic N) is 4. The molecule has 0 radical (unpaired) electrons. The molecule has 5 heteroatoms. The topological polar surface area (TPSA) is 55.6 Å². The fourth-order valence-electron chi connectivity index (χ4n) is 1.99. The number of aryl methyl sites for hydroxylation is 1. The zero-order chi connectivity index (χ0) is 14.7. The molecular formula is C15H23N5. The van der Waals surface area contributed by atoms with Crippen LogP contribution in [-0.4, -0.2) is 26.5 Å². The van der Waals surface area contributed by atoms with Gasteiger partial charge in [-0.1, -0.05) is 13.8 Å². The lowest BCUT2D eigenvalue weighted by Crippen LogP contribution is -2.20. The molecule has 0 saturated carbocycles. The van der Waals surface area contributed by atoms with E-state index in [-0.39, 0.29) is 0 Å². The Morgan fingerprint density at radius 2 is 1.90 bits per heavy atom. The molecule has 0 saturated heterocycles. The summed E-state index contributed by atoms with van der Waals surface area (Å²) in [7, 11) is 0. The average molecular weight is 273 g/mol. The van der Waals surface area contributed by atoms with Gasteiger partial charge in [-0.2, -0.15) is 10.2 Å². The predicted molar refractivity (Wildman–Crippen MR) is 79.9 cm³/mol. The SMILES string of the molecule is Cc1nn(-c2ccc(CNCC(C)C)nn2)c(C)c1C. The third-order valence-electron chi connectivity index (χ3n) is 3.43. The van der Waals surface area contributed by atoms with E-state index in [1.165, 1.54) is 5.56 Å². The molecule has 2 rings (SSSR count). The molecule has 20 heavy (non-hydrogen) atoms. The molecule has 0 aliphatic carbocycles. The Hall–Kier alpha value is -1.75. The van der Waals surface area contributed by atoms with Gasteiger partial charge in [-0.3, -0.25) is 0 Å². The van der Waals surface area contributed by atoms with Gasteiger partial charge in [0.25, 0.3) is 0 Å². The van der Waals surface area contributed by atoms with Gasteiger partial charge in [-0.15, -0.1) is 5.10 Å². The Labute approximate surface area is 120 Å². The molecule has 0 aliphatic rings. The highest BCUT2D eigenvalue weighted by molar-refractivity contribution is 5.30. The lowest BCUT2D eigenvalue weighted by Gasteiger charge is -2.07. The highest BCUT2D eigenvalue weighted by atomic mass is 15.3. The maximum atomic E-state index is 4.49. The fourth-order valence-corrected chi connectivity index (χ4v) is 1.99. The molecule has 0 aromatic carbocycles. The van der Waals surface area contributed by atoms with Gasteiger partial charge in [0.2, 0.25) is 0 Å². The van der Waals surface area contributed by atoms with Crippen molar-refractivity contribution in [3.63, 3.8) is 0 Å². The third kappa shape index (κ3) is 3.22. The van der Waals surface area contributed by atoms with Crippen molar-refractivity contribution in [2.24, 2.45) is 5.92 Å². The second-order valence-electron chi connectivity index (χ2n) is 5.62. The van der Waals surface area contributed by atoms with Gasteiger partial charge in [0.1, 0.15) is 0 Å². The molecule has 2 aromatic rings. The second-order valence-corrected chi connectivity index (χ2v) is 5.62. The number of hydrogen-bond donors (Lipinski definition) is 1. The molecule has 0 fully saturated rings. The first kappa shape index (κ1) is 14.7. The van der Waals surface area contributed by atoms with Crippen LogP contribution in [0.4, 0.5) is 0 Å². The van der Waals surface area contributed by atoms with E-state index in [0.717, 1.165) is 36.0 Å². The maximum absolute atomic E-state index is 4.49. The van der Waals surface area contributed by atoms with Crippen molar-refractivity contribution in [2.45, 2.75) is 41.2 Å². The normalized spacial score (nSPS) is 11.3. The summed E-state index contributed by atoms with van der Waals surface area (Å²) in [5, 5.41) is 16.4. The number of aromatic nitrogens is 4. The van der Waals surface area contributed by atoms with E-state index >= 15 is 0 Å². The van der Waals surface area contributed by atoms with Gasteiger partial charge < -0.3 is 5.32 Å². The molecular weight excluding hydrogens is 250 g/mol. The molecule has 2 aromatic heterocycles. The van der Waals surface area contributed by atoms with Crippen LogP contribution in [0.25, 0.3) is 5.82 Å². The minimum Gasteiger partial charge on any atom is -0.311 e. The van der Waals surface area contributed by atoms with E-state index in [0.29, 0.717) is 5.92 Å². The number of rotatable bonds is 5.